The molecule has 0 bridgehead atoms. The minimum absolute atomic E-state index is 0. The van der Waals surface area contributed by atoms with Crippen molar-refractivity contribution in [3.05, 3.63) is 12.7 Å². The van der Waals surface area contributed by atoms with E-state index in [-0.39, 0.29) is 41.6 Å². The summed E-state index contributed by atoms with van der Waals surface area (Å²) in [6.45, 7) is 6.83. The van der Waals surface area contributed by atoms with Crippen molar-refractivity contribution in [2.24, 2.45) is 0 Å². The second-order valence-corrected chi connectivity index (χ2v) is 1.69. The zero-order valence-electron chi connectivity index (χ0n) is 6.18. The molecule has 0 aliphatic heterocycles. The Balaban J connectivity index is 0. The number of rotatable bonds is 2. The van der Waals surface area contributed by atoms with Gasteiger partial charge in [0.05, 0.1) is 6.10 Å². The van der Waals surface area contributed by atoms with Gasteiger partial charge in [-0.2, -0.15) is 0 Å². The van der Waals surface area contributed by atoms with Crippen LogP contribution in [-0.2, 0) is 9.53 Å². The molecule has 3 heteroatoms. The molecule has 0 unspecified atom stereocenters. The van der Waals surface area contributed by atoms with Crippen LogP contribution in [-0.4, -0.2) is 41.6 Å². The maximum Gasteiger partial charge on any atom is 0.330 e. The van der Waals surface area contributed by atoms with Gasteiger partial charge in [-0.25, -0.2) is 4.79 Å². The minimum Gasteiger partial charge on any atom is -0.460 e. The molecule has 0 fully saturated rings. The van der Waals surface area contributed by atoms with Crippen molar-refractivity contribution < 1.29 is 9.53 Å². The summed E-state index contributed by atoms with van der Waals surface area (Å²) in [5.74, 6) is -0.361. The summed E-state index contributed by atoms with van der Waals surface area (Å²) < 4.78 is 4.64. The van der Waals surface area contributed by atoms with Crippen LogP contribution in [0, 0.1) is 0 Å². The van der Waals surface area contributed by atoms with Gasteiger partial charge in [-0.1, -0.05) is 6.58 Å². The summed E-state index contributed by atoms with van der Waals surface area (Å²) in [4.78, 5) is 10.3. The third-order valence-electron chi connectivity index (χ3n) is 0.519. The van der Waals surface area contributed by atoms with Crippen LogP contribution >= 0.6 is 0 Å². The van der Waals surface area contributed by atoms with Crippen molar-refractivity contribution in [1.82, 2.24) is 0 Å². The van der Waals surface area contributed by atoms with Crippen LogP contribution in [0.25, 0.3) is 0 Å². The largest absolute Gasteiger partial charge is 0.460 e. The van der Waals surface area contributed by atoms with E-state index in [2.05, 4.69) is 11.3 Å². The van der Waals surface area contributed by atoms with Crippen LogP contribution in [0.5, 0.6) is 0 Å². The molecule has 0 aromatic heterocycles. The van der Waals surface area contributed by atoms with E-state index in [9.17, 15) is 4.79 Å². The second-order valence-electron chi connectivity index (χ2n) is 1.69. The quantitative estimate of drug-likeness (QED) is 0.319. The molecule has 0 aliphatic rings. The SMILES string of the molecule is C=CC(=O)OC(C)C.[Na]. The molecule has 2 nitrogen and oxygen atoms in total. The predicted molar refractivity (Wildman–Crippen MR) is 37.2 cm³/mol. The van der Waals surface area contributed by atoms with Gasteiger partial charge in [0.2, 0.25) is 0 Å². The molecule has 0 atom stereocenters. The fourth-order valence-corrected chi connectivity index (χ4v) is 0.280. The van der Waals surface area contributed by atoms with Crippen LogP contribution in [0.3, 0.4) is 0 Å². The number of hydrogen-bond donors (Lipinski definition) is 0. The zero-order chi connectivity index (χ0) is 6.57. The smallest absolute Gasteiger partial charge is 0.330 e. The molecular weight excluding hydrogens is 127 g/mol. The van der Waals surface area contributed by atoms with E-state index >= 15 is 0 Å². The van der Waals surface area contributed by atoms with Crippen molar-refractivity contribution in [3.8, 4) is 0 Å². The first-order chi connectivity index (χ1) is 3.66. The van der Waals surface area contributed by atoms with Gasteiger partial charge < -0.3 is 4.74 Å². The zero-order valence-corrected chi connectivity index (χ0v) is 8.18. The summed E-state index contributed by atoms with van der Waals surface area (Å²) in [6.07, 6.45) is 1.11. The van der Waals surface area contributed by atoms with Gasteiger partial charge >= 0.3 is 5.97 Å². The molecule has 0 amide bonds. The van der Waals surface area contributed by atoms with E-state index in [0.717, 1.165) is 6.08 Å². The Morgan fingerprint density at radius 2 is 2.11 bits per heavy atom. The average Bonchev–Trinajstić information content (AvgIpc) is 1.65. The first-order valence-corrected chi connectivity index (χ1v) is 2.50. The van der Waals surface area contributed by atoms with Crippen molar-refractivity contribution in [2.45, 2.75) is 20.0 Å². The van der Waals surface area contributed by atoms with E-state index in [0.29, 0.717) is 0 Å². The van der Waals surface area contributed by atoms with Crippen molar-refractivity contribution in [2.75, 3.05) is 0 Å². The Hall–Kier alpha value is 0.210. The van der Waals surface area contributed by atoms with Crippen molar-refractivity contribution in [3.63, 3.8) is 0 Å². The standard InChI is InChI=1S/C6H10O2.Na/c1-4-6(7)8-5(2)3;/h4-5H,1H2,2-3H3;. The van der Waals surface area contributed by atoms with E-state index in [1.54, 1.807) is 13.8 Å². The molecule has 0 rings (SSSR count). The van der Waals surface area contributed by atoms with Crippen LogP contribution in [0.15, 0.2) is 12.7 Å². The summed E-state index contributed by atoms with van der Waals surface area (Å²) in [6, 6.07) is 0. The van der Waals surface area contributed by atoms with E-state index in [1.807, 2.05) is 0 Å². The van der Waals surface area contributed by atoms with Gasteiger partial charge in [0, 0.05) is 35.6 Å². The number of carbonyl (C=O) groups is 1. The van der Waals surface area contributed by atoms with Crippen LogP contribution in [0.1, 0.15) is 13.8 Å². The van der Waals surface area contributed by atoms with Crippen LogP contribution < -0.4 is 0 Å². The number of carbonyl (C=O) groups excluding carboxylic acids is 1. The number of hydrogen-bond acceptors (Lipinski definition) is 2. The van der Waals surface area contributed by atoms with Gasteiger partial charge in [-0.15, -0.1) is 0 Å². The normalized spacial score (nSPS) is 7.89. The molecule has 0 aromatic rings. The molecule has 0 aliphatic carbocycles. The Bertz CT molecular complexity index is 99.2. The fraction of sp³-hybridized carbons (Fsp3) is 0.500. The fourth-order valence-electron chi connectivity index (χ4n) is 0.280. The van der Waals surface area contributed by atoms with Crippen LogP contribution in [0.4, 0.5) is 0 Å². The summed E-state index contributed by atoms with van der Waals surface area (Å²) >= 11 is 0. The third-order valence-corrected chi connectivity index (χ3v) is 0.519. The van der Waals surface area contributed by atoms with Crippen molar-refractivity contribution in [1.29, 1.82) is 0 Å². The summed E-state index contributed by atoms with van der Waals surface area (Å²) in [5.41, 5.74) is 0. The third kappa shape index (κ3) is 8.21. The monoisotopic (exact) mass is 137 g/mol. The molecule has 47 valence electrons. The van der Waals surface area contributed by atoms with Gasteiger partial charge in [-0.3, -0.25) is 0 Å². The van der Waals surface area contributed by atoms with Gasteiger partial charge in [0.25, 0.3) is 0 Å². The van der Waals surface area contributed by atoms with Crippen molar-refractivity contribution >= 4 is 35.5 Å². The predicted octanol–water partition coefficient (Wildman–Crippen LogP) is 0.743. The topological polar surface area (TPSA) is 26.3 Å². The Labute approximate surface area is 77.6 Å². The van der Waals surface area contributed by atoms with Gasteiger partial charge in [-0.05, 0) is 13.8 Å². The first-order valence-electron chi connectivity index (χ1n) is 2.50. The van der Waals surface area contributed by atoms with Crippen LogP contribution in [0.2, 0.25) is 0 Å². The second kappa shape index (κ2) is 6.33. The molecule has 0 saturated carbocycles. The van der Waals surface area contributed by atoms with Gasteiger partial charge in [0.15, 0.2) is 0 Å². The molecule has 0 saturated heterocycles. The summed E-state index contributed by atoms with van der Waals surface area (Å²) in [7, 11) is 0. The molecule has 0 spiro atoms. The first kappa shape index (κ1) is 11.9. The Kier molecular flexibility index (Phi) is 8.40. The van der Waals surface area contributed by atoms with E-state index < -0.39 is 0 Å². The molecule has 0 aromatic carbocycles. The van der Waals surface area contributed by atoms with E-state index in [4.69, 9.17) is 0 Å². The average molecular weight is 137 g/mol. The maximum absolute atomic E-state index is 10.3. The molecule has 9 heavy (non-hydrogen) atoms. The number of esters is 1. The molecule has 0 heterocycles. The Morgan fingerprint density at radius 1 is 1.67 bits per heavy atom. The minimum atomic E-state index is -0.361. The molecule has 0 N–H and O–H groups in total. The Morgan fingerprint density at radius 3 is 2.22 bits per heavy atom. The molecule has 1 radical (unpaired) electrons. The maximum atomic E-state index is 10.3. The number of ether oxygens (including phenoxy) is 1. The summed E-state index contributed by atoms with van der Waals surface area (Å²) in [5, 5.41) is 0. The van der Waals surface area contributed by atoms with Gasteiger partial charge in [0.1, 0.15) is 0 Å². The van der Waals surface area contributed by atoms with E-state index in [1.165, 1.54) is 0 Å². The molecular formula is C6H10NaO2.